The Morgan fingerprint density at radius 2 is 1.74 bits per heavy atom. The molecule has 3 aromatic rings. The molecule has 0 aliphatic rings. The van der Waals surface area contributed by atoms with Crippen LogP contribution in [0.2, 0.25) is 0 Å². The average molecular weight is 443 g/mol. The van der Waals surface area contributed by atoms with E-state index in [1.807, 2.05) is 68.4 Å². The molecule has 2 aromatic carbocycles. The average Bonchev–Trinajstić information content (AvgIpc) is 3.31. The third-order valence-corrected chi connectivity index (χ3v) is 5.57. The van der Waals surface area contributed by atoms with Crippen LogP contribution >= 0.6 is 11.6 Å². The second-order valence-electron chi connectivity index (χ2n) is 8.10. The second-order valence-corrected chi connectivity index (χ2v) is 8.36. The Hall–Kier alpha value is -3.06. The Morgan fingerprint density at radius 3 is 2.29 bits per heavy atom. The van der Waals surface area contributed by atoms with Crippen LogP contribution in [-0.2, 0) is 4.74 Å². The zero-order valence-electron chi connectivity index (χ0n) is 18.1. The minimum absolute atomic E-state index is 0.250. The third-order valence-electron chi connectivity index (χ3n) is 4.88. The smallest absolute Gasteiger partial charge is 0.409 e. The zero-order valence-corrected chi connectivity index (χ0v) is 18.9. The molecule has 31 heavy (non-hydrogen) atoms. The van der Waals surface area contributed by atoms with Crippen LogP contribution in [0.25, 0.3) is 11.1 Å². The maximum absolute atomic E-state index is 12.4. The molecule has 3 rings (SSSR count). The molecule has 164 valence electrons. The highest BCUT2D eigenvalue weighted by Crippen LogP contribution is 2.35. The summed E-state index contributed by atoms with van der Waals surface area (Å²) in [7, 11) is 3.25. The standard InChI is InChI=1S/C23H27ClN4O3/c1-23(2,14-24)20(31-22(29)27(3)4)21(28-16-25-15-26-28)30-19-12-10-18(11-13-19)17-8-6-5-7-9-17/h5-13,15-16,20-21H,14H2,1-4H3. The number of hydrogen-bond donors (Lipinski definition) is 0. The topological polar surface area (TPSA) is 69.5 Å². The lowest BCUT2D eigenvalue weighted by Gasteiger charge is -2.37. The van der Waals surface area contributed by atoms with Crippen molar-refractivity contribution in [3.05, 3.63) is 67.3 Å². The predicted octanol–water partition coefficient (Wildman–Crippen LogP) is 4.85. The Balaban J connectivity index is 1.92. The van der Waals surface area contributed by atoms with Gasteiger partial charge in [0, 0.05) is 25.4 Å². The predicted molar refractivity (Wildman–Crippen MR) is 120 cm³/mol. The van der Waals surface area contributed by atoms with Crippen molar-refractivity contribution in [2.24, 2.45) is 5.41 Å². The van der Waals surface area contributed by atoms with Gasteiger partial charge in [-0.2, -0.15) is 5.10 Å². The van der Waals surface area contributed by atoms with E-state index in [0.717, 1.165) is 11.1 Å². The summed E-state index contributed by atoms with van der Waals surface area (Å²) in [6.07, 6.45) is 0.964. The molecule has 0 aliphatic carbocycles. The number of alkyl halides is 1. The van der Waals surface area contributed by atoms with E-state index in [-0.39, 0.29) is 5.88 Å². The van der Waals surface area contributed by atoms with Crippen molar-refractivity contribution in [2.45, 2.75) is 26.2 Å². The first kappa shape index (κ1) is 22.6. The molecule has 0 saturated carbocycles. The van der Waals surface area contributed by atoms with Gasteiger partial charge in [0.1, 0.15) is 18.4 Å². The lowest BCUT2D eigenvalue weighted by molar-refractivity contribution is -0.0839. The normalized spacial score (nSPS) is 13.3. The molecule has 2 unspecified atom stereocenters. The molecular formula is C23H27ClN4O3. The molecule has 0 radical (unpaired) electrons. The Kier molecular flexibility index (Phi) is 7.17. The highest BCUT2D eigenvalue weighted by molar-refractivity contribution is 6.18. The van der Waals surface area contributed by atoms with E-state index in [1.165, 1.54) is 22.2 Å². The Labute approximate surface area is 187 Å². The second kappa shape index (κ2) is 9.83. The van der Waals surface area contributed by atoms with Crippen LogP contribution in [-0.4, -0.2) is 51.8 Å². The maximum atomic E-state index is 12.4. The number of halogens is 1. The number of nitrogens with zero attached hydrogens (tertiary/aromatic N) is 4. The lowest BCUT2D eigenvalue weighted by Crippen LogP contribution is -2.46. The summed E-state index contributed by atoms with van der Waals surface area (Å²) in [6, 6.07) is 17.8. The van der Waals surface area contributed by atoms with Gasteiger partial charge in [0.15, 0.2) is 6.10 Å². The molecule has 0 saturated heterocycles. The lowest BCUT2D eigenvalue weighted by atomic mass is 9.87. The van der Waals surface area contributed by atoms with Crippen LogP contribution in [0, 0.1) is 5.41 Å². The summed E-state index contributed by atoms with van der Waals surface area (Å²) >= 11 is 6.24. The van der Waals surface area contributed by atoms with Gasteiger partial charge in [-0.3, -0.25) is 0 Å². The third kappa shape index (κ3) is 5.55. The SMILES string of the molecule is CN(C)C(=O)OC(C(Oc1ccc(-c2ccccc2)cc1)n1cncn1)C(C)(C)CCl. The molecule has 1 aromatic heterocycles. The van der Waals surface area contributed by atoms with Crippen LogP contribution in [0.15, 0.2) is 67.3 Å². The number of carbonyl (C=O) groups is 1. The molecule has 1 amide bonds. The van der Waals surface area contributed by atoms with Crippen LogP contribution in [0.3, 0.4) is 0 Å². The van der Waals surface area contributed by atoms with Crippen molar-refractivity contribution < 1.29 is 14.3 Å². The van der Waals surface area contributed by atoms with E-state index < -0.39 is 23.8 Å². The molecule has 2 atom stereocenters. The highest BCUT2D eigenvalue weighted by atomic mass is 35.5. The Morgan fingerprint density at radius 1 is 1.10 bits per heavy atom. The number of aromatic nitrogens is 3. The minimum Gasteiger partial charge on any atom is -0.465 e. The van der Waals surface area contributed by atoms with Gasteiger partial charge in [-0.1, -0.05) is 56.3 Å². The fraction of sp³-hybridized carbons (Fsp3) is 0.348. The molecule has 1 heterocycles. The van der Waals surface area contributed by atoms with Crippen LogP contribution < -0.4 is 4.74 Å². The number of ether oxygens (including phenoxy) is 2. The van der Waals surface area contributed by atoms with Crippen molar-refractivity contribution in [1.29, 1.82) is 0 Å². The maximum Gasteiger partial charge on any atom is 0.409 e. The monoisotopic (exact) mass is 442 g/mol. The molecule has 8 heteroatoms. The summed E-state index contributed by atoms with van der Waals surface area (Å²) in [5, 5.41) is 4.23. The van der Waals surface area contributed by atoms with Crippen LogP contribution in [0.5, 0.6) is 5.75 Å². The summed E-state index contributed by atoms with van der Waals surface area (Å²) in [6.45, 7) is 3.83. The zero-order chi connectivity index (χ0) is 22.4. The van der Waals surface area contributed by atoms with Crippen LogP contribution in [0.1, 0.15) is 20.1 Å². The number of hydrogen-bond acceptors (Lipinski definition) is 5. The number of rotatable bonds is 8. The molecular weight excluding hydrogens is 416 g/mol. The molecule has 0 aliphatic heterocycles. The van der Waals surface area contributed by atoms with Gasteiger partial charge >= 0.3 is 6.09 Å². The summed E-state index contributed by atoms with van der Waals surface area (Å²) in [4.78, 5) is 17.8. The summed E-state index contributed by atoms with van der Waals surface area (Å²) in [5.41, 5.74) is 1.58. The molecule has 0 bridgehead atoms. The van der Waals surface area contributed by atoms with Crippen molar-refractivity contribution in [3.8, 4) is 16.9 Å². The van der Waals surface area contributed by atoms with Gasteiger partial charge in [-0.15, -0.1) is 11.6 Å². The van der Waals surface area contributed by atoms with Crippen LogP contribution in [0.4, 0.5) is 4.79 Å². The van der Waals surface area contributed by atoms with Gasteiger partial charge in [-0.05, 0) is 23.3 Å². The Bertz CT molecular complexity index is 960. The van der Waals surface area contributed by atoms with Gasteiger partial charge in [-0.25, -0.2) is 14.5 Å². The number of amides is 1. The van der Waals surface area contributed by atoms with E-state index in [9.17, 15) is 4.79 Å². The van der Waals surface area contributed by atoms with Gasteiger partial charge in [0.2, 0.25) is 6.23 Å². The van der Waals surface area contributed by atoms with Crippen molar-refractivity contribution >= 4 is 17.7 Å². The van der Waals surface area contributed by atoms with E-state index in [2.05, 4.69) is 10.1 Å². The quantitative estimate of drug-likeness (QED) is 0.466. The van der Waals surface area contributed by atoms with Gasteiger partial charge in [0.05, 0.1) is 0 Å². The highest BCUT2D eigenvalue weighted by Gasteiger charge is 2.42. The van der Waals surface area contributed by atoms with Gasteiger partial charge < -0.3 is 14.4 Å². The summed E-state index contributed by atoms with van der Waals surface area (Å²) in [5.74, 6) is 0.858. The largest absolute Gasteiger partial charge is 0.465 e. The van der Waals surface area contributed by atoms with Crippen molar-refractivity contribution in [3.63, 3.8) is 0 Å². The van der Waals surface area contributed by atoms with E-state index >= 15 is 0 Å². The first-order valence-corrected chi connectivity index (χ1v) is 10.5. The molecule has 0 N–H and O–H groups in total. The molecule has 0 fully saturated rings. The van der Waals surface area contributed by atoms with Crippen molar-refractivity contribution in [2.75, 3.05) is 20.0 Å². The molecule has 7 nitrogen and oxygen atoms in total. The van der Waals surface area contributed by atoms with E-state index in [0.29, 0.717) is 5.75 Å². The van der Waals surface area contributed by atoms with E-state index in [1.54, 1.807) is 14.1 Å². The number of carbonyl (C=O) groups excluding carboxylic acids is 1. The number of benzene rings is 2. The van der Waals surface area contributed by atoms with Crippen molar-refractivity contribution in [1.82, 2.24) is 19.7 Å². The molecule has 0 spiro atoms. The summed E-state index contributed by atoms with van der Waals surface area (Å²) < 4.78 is 13.6. The first-order chi connectivity index (χ1) is 14.8. The first-order valence-electron chi connectivity index (χ1n) is 9.92. The van der Waals surface area contributed by atoms with Gasteiger partial charge in [0.25, 0.3) is 0 Å². The van der Waals surface area contributed by atoms with E-state index in [4.69, 9.17) is 21.1 Å². The fourth-order valence-electron chi connectivity index (χ4n) is 2.99. The fourth-order valence-corrected chi connectivity index (χ4v) is 3.15. The minimum atomic E-state index is -0.761.